The van der Waals surface area contributed by atoms with E-state index < -0.39 is 0 Å². The third-order valence-electron chi connectivity index (χ3n) is 5.62. The van der Waals surface area contributed by atoms with Crippen LogP contribution in [0.1, 0.15) is 62.9 Å². The lowest BCUT2D eigenvalue weighted by atomic mass is 10.1. The molecule has 1 amide bonds. The minimum atomic E-state index is -0.000301. The number of nitrogens with zero attached hydrogens (tertiary/aromatic N) is 3. The van der Waals surface area contributed by atoms with E-state index in [0.717, 1.165) is 41.1 Å². The second-order valence-electron chi connectivity index (χ2n) is 8.13. The van der Waals surface area contributed by atoms with E-state index in [1.807, 2.05) is 49.4 Å². The number of amides is 1. The molecule has 0 spiro atoms. The average Bonchev–Trinajstić information content (AvgIpc) is 3.62. The van der Waals surface area contributed by atoms with Crippen molar-refractivity contribution in [1.29, 1.82) is 0 Å². The third-order valence-corrected chi connectivity index (χ3v) is 5.62. The highest BCUT2D eigenvalue weighted by Gasteiger charge is 2.28. The van der Waals surface area contributed by atoms with Gasteiger partial charge in [0.15, 0.2) is 0 Å². The second-order valence-corrected chi connectivity index (χ2v) is 8.13. The lowest BCUT2D eigenvalue weighted by Crippen LogP contribution is -2.33. The molecule has 1 saturated carbocycles. The molecule has 2 aromatic carbocycles. The van der Waals surface area contributed by atoms with Gasteiger partial charge in [-0.05, 0) is 43.9 Å². The van der Waals surface area contributed by atoms with Crippen molar-refractivity contribution in [3.63, 3.8) is 0 Å². The van der Waals surface area contributed by atoms with Gasteiger partial charge >= 0.3 is 0 Å². The van der Waals surface area contributed by atoms with Crippen LogP contribution in [0.2, 0.25) is 0 Å². The maximum atomic E-state index is 12.6. The topological polar surface area (TPSA) is 58.1 Å². The summed E-state index contributed by atoms with van der Waals surface area (Å²) in [6, 6.07) is 18.3. The van der Waals surface area contributed by atoms with Gasteiger partial charge in [0.25, 0.3) is 0 Å². The van der Waals surface area contributed by atoms with Crippen molar-refractivity contribution in [3.05, 3.63) is 66.0 Å². The van der Waals surface area contributed by atoms with Crippen LogP contribution in [0, 0.1) is 0 Å². The monoisotopic (exact) mass is 402 g/mol. The molecule has 156 valence electrons. The summed E-state index contributed by atoms with van der Waals surface area (Å²) in [5, 5.41) is 4.19. The van der Waals surface area contributed by atoms with Crippen molar-refractivity contribution >= 4 is 22.6 Å². The van der Waals surface area contributed by atoms with Crippen LogP contribution in [0.5, 0.6) is 0 Å². The maximum Gasteiger partial charge on any atom is 0.222 e. The third kappa shape index (κ3) is 4.78. The molecule has 3 aromatic rings. The number of hydrogen-bond donors (Lipinski definition) is 1. The molecule has 0 saturated heterocycles. The van der Waals surface area contributed by atoms with Crippen molar-refractivity contribution < 1.29 is 4.79 Å². The molecule has 30 heavy (non-hydrogen) atoms. The number of nitrogens with one attached hydrogen (secondary N) is 1. The molecule has 5 nitrogen and oxygen atoms in total. The molecule has 1 aromatic heterocycles. The fraction of sp³-hybridized carbons (Fsp3) is 0.400. The average molecular weight is 403 g/mol. The Bertz CT molecular complexity index is 1000. The summed E-state index contributed by atoms with van der Waals surface area (Å²) < 4.78 is 0. The summed E-state index contributed by atoms with van der Waals surface area (Å²) >= 11 is 0. The van der Waals surface area contributed by atoms with E-state index in [9.17, 15) is 4.79 Å². The Balaban J connectivity index is 1.49. The maximum absolute atomic E-state index is 12.6. The van der Waals surface area contributed by atoms with Crippen LogP contribution in [0.15, 0.2) is 54.6 Å². The van der Waals surface area contributed by atoms with Gasteiger partial charge in [-0.1, -0.05) is 49.4 Å². The van der Waals surface area contributed by atoms with Gasteiger partial charge in [0.1, 0.15) is 11.6 Å². The smallest absolute Gasteiger partial charge is 0.222 e. The fourth-order valence-electron chi connectivity index (χ4n) is 3.81. The van der Waals surface area contributed by atoms with Gasteiger partial charge in [0.05, 0.1) is 11.6 Å². The number of carbonyl (C=O) groups is 1. The molecular formula is C25H30N4O. The number of rotatable bonds is 9. The van der Waals surface area contributed by atoms with E-state index >= 15 is 0 Å². The van der Waals surface area contributed by atoms with E-state index in [0.29, 0.717) is 18.9 Å². The van der Waals surface area contributed by atoms with Gasteiger partial charge in [-0.2, -0.15) is 0 Å². The summed E-state index contributed by atoms with van der Waals surface area (Å²) in [6.45, 7) is 5.70. The fourth-order valence-corrected chi connectivity index (χ4v) is 3.81. The predicted molar refractivity (Wildman–Crippen MR) is 122 cm³/mol. The van der Waals surface area contributed by atoms with Gasteiger partial charge in [-0.25, -0.2) is 9.97 Å². The molecule has 1 aliphatic carbocycles. The van der Waals surface area contributed by atoms with Gasteiger partial charge in [0.2, 0.25) is 5.91 Å². The standard InChI is InChI=1S/C25H30N4O/c1-3-16-29(17-15-23(30)26-18(2)19-9-5-4-6-10-19)25-21-11-7-8-12-22(21)27-24(28-25)20-13-14-20/h4-12,18,20H,3,13-17H2,1-2H3,(H,26,30). The lowest BCUT2D eigenvalue weighted by Gasteiger charge is -2.25. The largest absolute Gasteiger partial charge is 0.355 e. The van der Waals surface area contributed by atoms with Crippen LogP contribution in [0.4, 0.5) is 5.82 Å². The van der Waals surface area contributed by atoms with Crippen molar-refractivity contribution in [1.82, 2.24) is 15.3 Å². The van der Waals surface area contributed by atoms with E-state index in [1.165, 1.54) is 12.8 Å². The number of carbonyl (C=O) groups excluding carboxylic acids is 1. The van der Waals surface area contributed by atoms with Gasteiger partial charge in [-0.3, -0.25) is 4.79 Å². The van der Waals surface area contributed by atoms with Crippen molar-refractivity contribution in [2.24, 2.45) is 0 Å². The molecule has 5 heteroatoms. The molecular weight excluding hydrogens is 372 g/mol. The number of hydrogen-bond acceptors (Lipinski definition) is 4. The Morgan fingerprint density at radius 1 is 1.07 bits per heavy atom. The quantitative estimate of drug-likeness (QED) is 0.548. The SMILES string of the molecule is CCCN(CCC(=O)NC(C)c1ccccc1)c1nc(C2CC2)nc2ccccc12. The first kappa shape index (κ1) is 20.3. The highest BCUT2D eigenvalue weighted by Crippen LogP contribution is 2.39. The molecule has 1 unspecified atom stereocenters. The van der Waals surface area contributed by atoms with Gasteiger partial charge in [0, 0.05) is 30.8 Å². The molecule has 1 atom stereocenters. The normalized spacial score (nSPS) is 14.5. The molecule has 0 radical (unpaired) electrons. The highest BCUT2D eigenvalue weighted by atomic mass is 16.1. The zero-order chi connectivity index (χ0) is 20.9. The van der Waals surface area contributed by atoms with E-state index in [-0.39, 0.29) is 11.9 Å². The first-order chi connectivity index (χ1) is 14.7. The van der Waals surface area contributed by atoms with Crippen molar-refractivity contribution in [2.45, 2.75) is 51.5 Å². The molecule has 0 aliphatic heterocycles. The van der Waals surface area contributed by atoms with Crippen LogP contribution >= 0.6 is 0 Å². The Labute approximate surface area is 178 Å². The number of aromatic nitrogens is 2. The van der Waals surface area contributed by atoms with E-state index in [1.54, 1.807) is 0 Å². The van der Waals surface area contributed by atoms with Crippen LogP contribution in [0.3, 0.4) is 0 Å². The molecule has 0 bridgehead atoms. The van der Waals surface area contributed by atoms with Crippen LogP contribution in [-0.4, -0.2) is 29.0 Å². The molecule has 1 heterocycles. The number of anilines is 1. The van der Waals surface area contributed by atoms with Crippen LogP contribution in [0.25, 0.3) is 10.9 Å². The zero-order valence-corrected chi connectivity index (χ0v) is 17.8. The first-order valence-electron chi connectivity index (χ1n) is 11.0. The minimum Gasteiger partial charge on any atom is -0.355 e. The van der Waals surface area contributed by atoms with Gasteiger partial charge < -0.3 is 10.2 Å². The summed E-state index contributed by atoms with van der Waals surface area (Å²) in [4.78, 5) is 24.6. The predicted octanol–water partition coefficient (Wildman–Crippen LogP) is 4.99. The molecule has 1 fully saturated rings. The van der Waals surface area contributed by atoms with Crippen LogP contribution < -0.4 is 10.2 Å². The Hall–Kier alpha value is -2.95. The Morgan fingerprint density at radius 2 is 1.80 bits per heavy atom. The Kier molecular flexibility index (Phi) is 6.26. The zero-order valence-electron chi connectivity index (χ0n) is 17.8. The molecule has 1 N–H and O–H groups in total. The number of benzene rings is 2. The summed E-state index contributed by atoms with van der Waals surface area (Å²) in [6.07, 6.45) is 3.78. The molecule has 1 aliphatic rings. The number of fused-ring (bicyclic) bond motifs is 1. The number of para-hydroxylation sites is 1. The van der Waals surface area contributed by atoms with E-state index in [4.69, 9.17) is 9.97 Å². The lowest BCUT2D eigenvalue weighted by molar-refractivity contribution is -0.121. The first-order valence-corrected chi connectivity index (χ1v) is 11.0. The summed E-state index contributed by atoms with van der Waals surface area (Å²) in [5.74, 6) is 2.47. The summed E-state index contributed by atoms with van der Waals surface area (Å²) in [7, 11) is 0. The van der Waals surface area contributed by atoms with Crippen molar-refractivity contribution in [2.75, 3.05) is 18.0 Å². The van der Waals surface area contributed by atoms with Gasteiger partial charge in [-0.15, -0.1) is 0 Å². The summed E-state index contributed by atoms with van der Waals surface area (Å²) in [5.41, 5.74) is 2.11. The minimum absolute atomic E-state index is 0.000301. The molecule has 4 rings (SSSR count). The second kappa shape index (κ2) is 9.24. The Morgan fingerprint density at radius 3 is 2.53 bits per heavy atom. The highest BCUT2D eigenvalue weighted by molar-refractivity contribution is 5.90. The van der Waals surface area contributed by atoms with Crippen LogP contribution in [-0.2, 0) is 4.79 Å². The van der Waals surface area contributed by atoms with E-state index in [2.05, 4.69) is 29.3 Å². The van der Waals surface area contributed by atoms with Crippen molar-refractivity contribution in [3.8, 4) is 0 Å².